The normalized spacial score (nSPS) is 11.9. The molecular weight excluding hydrogens is 238 g/mol. The summed E-state index contributed by atoms with van der Waals surface area (Å²) in [4.78, 5) is 11.5. The minimum Gasteiger partial charge on any atom is -0.496 e. The first-order valence-corrected chi connectivity index (χ1v) is 6.16. The molecule has 3 nitrogen and oxygen atoms in total. The van der Waals surface area contributed by atoms with Gasteiger partial charge in [0.2, 0.25) is 5.91 Å². The van der Waals surface area contributed by atoms with Gasteiger partial charge in [-0.05, 0) is 17.7 Å². The van der Waals surface area contributed by atoms with Crippen LogP contribution in [-0.2, 0) is 0 Å². The van der Waals surface area contributed by atoms with E-state index in [-0.39, 0.29) is 5.92 Å². The number of hydrogen-bond acceptors (Lipinski definition) is 2. The maximum atomic E-state index is 11.5. The van der Waals surface area contributed by atoms with Crippen LogP contribution in [-0.4, -0.2) is 13.0 Å². The molecule has 0 radical (unpaired) electrons. The molecule has 0 bridgehead atoms. The van der Waals surface area contributed by atoms with E-state index in [1.807, 2.05) is 49.4 Å². The van der Waals surface area contributed by atoms with Crippen LogP contribution in [0.3, 0.4) is 0 Å². The van der Waals surface area contributed by atoms with E-state index in [2.05, 4.69) is 0 Å². The van der Waals surface area contributed by atoms with E-state index in [9.17, 15) is 4.79 Å². The Balaban J connectivity index is 2.50. The molecule has 0 spiro atoms. The first-order valence-electron chi connectivity index (χ1n) is 6.16. The lowest BCUT2D eigenvalue weighted by Gasteiger charge is -2.18. The molecule has 0 saturated heterocycles. The van der Waals surface area contributed by atoms with E-state index in [4.69, 9.17) is 10.5 Å². The number of carbonyl (C=O) groups is 1. The molecule has 0 aliphatic carbocycles. The van der Waals surface area contributed by atoms with Gasteiger partial charge in [-0.3, -0.25) is 4.79 Å². The number of benzene rings is 2. The Kier molecular flexibility index (Phi) is 3.85. The molecule has 2 aromatic rings. The van der Waals surface area contributed by atoms with Crippen molar-refractivity contribution in [3.8, 4) is 5.75 Å². The number of methoxy groups -OCH3 is 1. The number of primary amides is 1. The third-order valence-electron chi connectivity index (χ3n) is 3.30. The number of nitrogens with two attached hydrogens (primary N) is 1. The van der Waals surface area contributed by atoms with E-state index in [1.54, 1.807) is 13.2 Å². The van der Waals surface area contributed by atoms with E-state index in [1.165, 1.54) is 0 Å². The molecule has 2 aromatic carbocycles. The average molecular weight is 255 g/mol. The van der Waals surface area contributed by atoms with E-state index in [0.29, 0.717) is 5.56 Å². The Labute approximate surface area is 113 Å². The molecule has 0 saturated carbocycles. The minimum atomic E-state index is -0.405. The van der Waals surface area contributed by atoms with Gasteiger partial charge < -0.3 is 10.5 Å². The lowest BCUT2D eigenvalue weighted by molar-refractivity contribution is 0.0999. The Morgan fingerprint density at radius 1 is 1.05 bits per heavy atom. The summed E-state index contributed by atoms with van der Waals surface area (Å²) in [5.41, 5.74) is 7.94. The largest absolute Gasteiger partial charge is 0.496 e. The van der Waals surface area contributed by atoms with Gasteiger partial charge in [0.25, 0.3) is 0 Å². The Hall–Kier alpha value is -2.29. The van der Waals surface area contributed by atoms with Crippen molar-refractivity contribution in [2.24, 2.45) is 5.73 Å². The summed E-state index contributed by atoms with van der Waals surface area (Å²) >= 11 is 0. The number of amides is 1. The molecule has 0 aliphatic rings. The van der Waals surface area contributed by atoms with Gasteiger partial charge in [0, 0.05) is 17.0 Å². The fraction of sp³-hybridized carbons (Fsp3) is 0.188. The molecule has 0 heterocycles. The second kappa shape index (κ2) is 5.57. The topological polar surface area (TPSA) is 52.3 Å². The number of para-hydroxylation sites is 1. The first-order chi connectivity index (χ1) is 9.15. The van der Waals surface area contributed by atoms with Crippen molar-refractivity contribution >= 4 is 5.91 Å². The van der Waals surface area contributed by atoms with E-state index < -0.39 is 5.91 Å². The van der Waals surface area contributed by atoms with Gasteiger partial charge in [-0.1, -0.05) is 43.3 Å². The first kappa shape index (κ1) is 13.1. The summed E-state index contributed by atoms with van der Waals surface area (Å²) in [6, 6.07) is 15.2. The average Bonchev–Trinajstić information content (AvgIpc) is 2.46. The van der Waals surface area contributed by atoms with Crippen LogP contribution >= 0.6 is 0 Å². The lowest BCUT2D eigenvalue weighted by Crippen LogP contribution is -2.15. The molecule has 2 rings (SSSR count). The predicted molar refractivity (Wildman–Crippen MR) is 75.5 cm³/mol. The van der Waals surface area contributed by atoms with Gasteiger partial charge in [-0.15, -0.1) is 0 Å². The molecule has 1 unspecified atom stereocenters. The molecule has 3 heteroatoms. The third kappa shape index (κ3) is 2.60. The number of ether oxygens (including phenoxy) is 1. The van der Waals surface area contributed by atoms with Gasteiger partial charge in [0.1, 0.15) is 5.75 Å². The zero-order valence-corrected chi connectivity index (χ0v) is 11.1. The molecule has 1 amide bonds. The number of rotatable bonds is 4. The highest BCUT2D eigenvalue weighted by atomic mass is 16.5. The maximum absolute atomic E-state index is 11.5. The highest BCUT2D eigenvalue weighted by Gasteiger charge is 2.17. The van der Waals surface area contributed by atoms with Crippen molar-refractivity contribution in [3.63, 3.8) is 0 Å². The van der Waals surface area contributed by atoms with Crippen molar-refractivity contribution in [1.82, 2.24) is 0 Å². The summed E-state index contributed by atoms with van der Waals surface area (Å²) in [5, 5.41) is 0. The highest BCUT2D eigenvalue weighted by molar-refractivity contribution is 5.94. The van der Waals surface area contributed by atoms with Gasteiger partial charge in [0.05, 0.1) is 7.11 Å². The smallest absolute Gasteiger partial charge is 0.248 e. The van der Waals surface area contributed by atoms with E-state index in [0.717, 1.165) is 16.9 Å². The summed E-state index contributed by atoms with van der Waals surface area (Å²) in [5.74, 6) is 0.450. The maximum Gasteiger partial charge on any atom is 0.248 e. The van der Waals surface area contributed by atoms with Crippen molar-refractivity contribution in [2.75, 3.05) is 7.11 Å². The molecule has 0 fully saturated rings. The summed E-state index contributed by atoms with van der Waals surface area (Å²) in [6.45, 7) is 2.04. The highest BCUT2D eigenvalue weighted by Crippen LogP contribution is 2.32. The summed E-state index contributed by atoms with van der Waals surface area (Å²) < 4.78 is 5.37. The van der Waals surface area contributed by atoms with Crippen molar-refractivity contribution < 1.29 is 9.53 Å². The minimum absolute atomic E-state index is 0.0415. The number of hydrogen-bond donors (Lipinski definition) is 1. The molecule has 0 aromatic heterocycles. The van der Waals surface area contributed by atoms with Crippen LogP contribution in [0.4, 0.5) is 0 Å². The van der Waals surface area contributed by atoms with Crippen molar-refractivity contribution in [3.05, 3.63) is 65.2 Å². The lowest BCUT2D eigenvalue weighted by atomic mass is 9.89. The fourth-order valence-electron chi connectivity index (χ4n) is 2.29. The van der Waals surface area contributed by atoms with Crippen molar-refractivity contribution in [2.45, 2.75) is 12.8 Å². The van der Waals surface area contributed by atoms with E-state index >= 15 is 0 Å². The summed E-state index contributed by atoms with van der Waals surface area (Å²) in [6.07, 6.45) is 0. The second-order valence-electron chi connectivity index (χ2n) is 4.42. The van der Waals surface area contributed by atoms with Gasteiger partial charge >= 0.3 is 0 Å². The second-order valence-corrected chi connectivity index (χ2v) is 4.42. The SMILES string of the molecule is COc1ccccc1C(C)c1ccccc1C(N)=O. The van der Waals surface area contributed by atoms with Crippen LogP contribution in [0.15, 0.2) is 48.5 Å². The zero-order valence-electron chi connectivity index (χ0n) is 11.1. The molecule has 98 valence electrons. The van der Waals surface area contributed by atoms with Crippen LogP contribution < -0.4 is 10.5 Å². The molecule has 1 atom stereocenters. The molecule has 19 heavy (non-hydrogen) atoms. The molecule has 0 aliphatic heterocycles. The van der Waals surface area contributed by atoms with Crippen LogP contribution in [0.25, 0.3) is 0 Å². The van der Waals surface area contributed by atoms with Crippen LogP contribution in [0.1, 0.15) is 34.3 Å². The standard InChI is InChI=1S/C16H17NO2/c1-11(13-8-5-6-10-15(13)19-2)12-7-3-4-9-14(12)16(17)18/h3-11H,1-2H3,(H2,17,18). The zero-order chi connectivity index (χ0) is 13.8. The molecular formula is C16H17NO2. The van der Waals surface area contributed by atoms with Crippen molar-refractivity contribution in [1.29, 1.82) is 0 Å². The monoisotopic (exact) mass is 255 g/mol. The molecule has 2 N–H and O–H groups in total. The Bertz CT molecular complexity index is 593. The summed E-state index contributed by atoms with van der Waals surface area (Å²) in [7, 11) is 1.64. The predicted octanol–water partition coefficient (Wildman–Crippen LogP) is 2.95. The van der Waals surface area contributed by atoms with Crippen LogP contribution in [0.2, 0.25) is 0 Å². The van der Waals surface area contributed by atoms with Gasteiger partial charge in [0.15, 0.2) is 0 Å². The van der Waals surface area contributed by atoms with Gasteiger partial charge in [-0.2, -0.15) is 0 Å². The van der Waals surface area contributed by atoms with Crippen LogP contribution in [0, 0.1) is 0 Å². The third-order valence-corrected chi connectivity index (χ3v) is 3.30. The Morgan fingerprint density at radius 2 is 1.63 bits per heavy atom. The number of carbonyl (C=O) groups excluding carboxylic acids is 1. The van der Waals surface area contributed by atoms with Gasteiger partial charge in [-0.25, -0.2) is 0 Å². The quantitative estimate of drug-likeness (QED) is 0.913. The Morgan fingerprint density at radius 3 is 2.26 bits per heavy atom. The van der Waals surface area contributed by atoms with Crippen LogP contribution in [0.5, 0.6) is 5.75 Å². The fourth-order valence-corrected chi connectivity index (χ4v) is 2.29.